The van der Waals surface area contributed by atoms with Gasteiger partial charge in [0.1, 0.15) is 11.6 Å². The van der Waals surface area contributed by atoms with Crippen LogP contribution in [0.25, 0.3) is 0 Å². The Morgan fingerprint density at radius 1 is 1.30 bits per heavy atom. The van der Waals surface area contributed by atoms with Crippen molar-refractivity contribution in [3.8, 4) is 0 Å². The van der Waals surface area contributed by atoms with Crippen LogP contribution in [0.2, 0.25) is 0 Å². The van der Waals surface area contributed by atoms with Crippen LogP contribution in [0.4, 0.5) is 9.18 Å². The van der Waals surface area contributed by atoms with Gasteiger partial charge in [0.05, 0.1) is 13.1 Å². The molecule has 1 atom stereocenters. The highest BCUT2D eigenvalue weighted by atomic mass is 19.1. The zero-order valence-electron chi connectivity index (χ0n) is 16.8. The van der Waals surface area contributed by atoms with Gasteiger partial charge in [0.25, 0.3) is 0 Å². The first-order chi connectivity index (χ1) is 12.7. The van der Waals surface area contributed by atoms with Gasteiger partial charge < -0.3 is 16.0 Å². The van der Waals surface area contributed by atoms with Crippen molar-refractivity contribution in [1.82, 2.24) is 15.1 Å². The van der Waals surface area contributed by atoms with Crippen LogP contribution in [-0.2, 0) is 6.54 Å². The summed E-state index contributed by atoms with van der Waals surface area (Å²) in [4.78, 5) is 16.1. The number of urea groups is 1. The Morgan fingerprint density at radius 3 is 2.48 bits per heavy atom. The van der Waals surface area contributed by atoms with E-state index >= 15 is 0 Å². The van der Waals surface area contributed by atoms with Crippen molar-refractivity contribution >= 4 is 6.03 Å². The summed E-state index contributed by atoms with van der Waals surface area (Å²) >= 11 is 0. The topological polar surface area (TPSA) is 61.6 Å². The third kappa shape index (κ3) is 5.10. The van der Waals surface area contributed by atoms with E-state index < -0.39 is 0 Å². The van der Waals surface area contributed by atoms with E-state index in [9.17, 15) is 9.18 Å². The Balaban J connectivity index is 2.23. The number of hydrogen-bond donors (Lipinski definition) is 2. The van der Waals surface area contributed by atoms with Crippen LogP contribution in [-0.4, -0.2) is 41.5 Å². The lowest BCUT2D eigenvalue weighted by Crippen LogP contribution is -2.50. The molecule has 0 radical (unpaired) electrons. The van der Waals surface area contributed by atoms with Gasteiger partial charge in [-0.15, -0.1) is 0 Å². The van der Waals surface area contributed by atoms with Crippen molar-refractivity contribution in [2.24, 2.45) is 11.7 Å². The number of carbonyl (C=O) groups excluding carboxylic acids is 1. The summed E-state index contributed by atoms with van der Waals surface area (Å²) in [5.74, 6) is 0.638. The predicted molar refractivity (Wildman–Crippen MR) is 107 cm³/mol. The first-order valence-electron chi connectivity index (χ1n) is 9.45. The number of likely N-dealkylation sites (N-methyl/N-ethyl adjacent to an activating group) is 1. The summed E-state index contributed by atoms with van der Waals surface area (Å²) in [6.45, 7) is 14.6. The fraction of sp³-hybridized carbons (Fsp3) is 0.476. The number of nitrogens with one attached hydrogen (secondary N) is 1. The standard InChI is InChI=1S/C21H31FN4O/c1-6-25-13-19(15(4)11-24-16(5)14(2)3)20(23)26(21(25)27)12-17-7-9-18(22)10-8-17/h7-10,14,16,24H,4,6,11-13,23H2,1-3,5H3. The molecule has 0 bridgehead atoms. The monoisotopic (exact) mass is 374 g/mol. The van der Waals surface area contributed by atoms with E-state index in [0.717, 1.165) is 16.7 Å². The summed E-state index contributed by atoms with van der Waals surface area (Å²) in [6.07, 6.45) is 0. The van der Waals surface area contributed by atoms with Crippen LogP contribution in [0.15, 0.2) is 47.8 Å². The van der Waals surface area contributed by atoms with E-state index in [1.165, 1.54) is 12.1 Å². The number of carbonyl (C=O) groups is 1. The fourth-order valence-electron chi connectivity index (χ4n) is 2.87. The first-order valence-corrected chi connectivity index (χ1v) is 9.45. The lowest BCUT2D eigenvalue weighted by atomic mass is 10.0. The van der Waals surface area contributed by atoms with E-state index in [1.807, 2.05) is 6.92 Å². The van der Waals surface area contributed by atoms with Gasteiger partial charge in [0.15, 0.2) is 0 Å². The first kappa shape index (κ1) is 21.0. The predicted octanol–water partition coefficient (Wildman–Crippen LogP) is 3.44. The molecule has 1 aromatic carbocycles. The third-order valence-corrected chi connectivity index (χ3v) is 5.15. The van der Waals surface area contributed by atoms with Crippen LogP contribution in [0, 0.1) is 11.7 Å². The molecule has 0 spiro atoms. The molecule has 0 fully saturated rings. The van der Waals surface area contributed by atoms with Crippen LogP contribution < -0.4 is 11.1 Å². The van der Waals surface area contributed by atoms with E-state index in [0.29, 0.717) is 44.0 Å². The number of halogens is 1. The molecule has 5 nitrogen and oxygen atoms in total. The minimum Gasteiger partial charge on any atom is -0.385 e. The Hall–Kier alpha value is -2.34. The Kier molecular flexibility index (Phi) is 7.02. The molecule has 2 rings (SSSR count). The molecular weight excluding hydrogens is 343 g/mol. The Bertz CT molecular complexity index is 711. The molecule has 0 saturated heterocycles. The van der Waals surface area contributed by atoms with Crippen molar-refractivity contribution < 1.29 is 9.18 Å². The van der Waals surface area contributed by atoms with Gasteiger partial charge in [0, 0.05) is 24.7 Å². The summed E-state index contributed by atoms with van der Waals surface area (Å²) in [5.41, 5.74) is 8.95. The highest BCUT2D eigenvalue weighted by molar-refractivity contribution is 5.79. The number of benzene rings is 1. The van der Waals surface area contributed by atoms with E-state index in [2.05, 4.69) is 32.7 Å². The smallest absolute Gasteiger partial charge is 0.326 e. The highest BCUT2D eigenvalue weighted by Gasteiger charge is 2.31. The van der Waals surface area contributed by atoms with Gasteiger partial charge in [-0.25, -0.2) is 9.18 Å². The van der Waals surface area contributed by atoms with E-state index in [1.54, 1.807) is 21.9 Å². The van der Waals surface area contributed by atoms with Gasteiger partial charge in [0.2, 0.25) is 0 Å². The molecule has 0 saturated carbocycles. The summed E-state index contributed by atoms with van der Waals surface area (Å²) < 4.78 is 13.2. The van der Waals surface area contributed by atoms with Crippen LogP contribution in [0.5, 0.6) is 0 Å². The Labute approximate surface area is 161 Å². The lowest BCUT2D eigenvalue weighted by Gasteiger charge is -2.37. The third-order valence-electron chi connectivity index (χ3n) is 5.15. The summed E-state index contributed by atoms with van der Waals surface area (Å²) in [7, 11) is 0. The average molecular weight is 375 g/mol. The van der Waals surface area contributed by atoms with Crippen molar-refractivity contribution in [2.75, 3.05) is 19.6 Å². The second kappa shape index (κ2) is 9.04. The lowest BCUT2D eigenvalue weighted by molar-refractivity contribution is 0.160. The normalized spacial score (nSPS) is 16.3. The quantitative estimate of drug-likeness (QED) is 0.733. The van der Waals surface area contributed by atoms with E-state index in [4.69, 9.17) is 5.73 Å². The number of hydrogen-bond acceptors (Lipinski definition) is 3. The molecule has 27 heavy (non-hydrogen) atoms. The largest absolute Gasteiger partial charge is 0.385 e. The molecule has 0 aromatic heterocycles. The van der Waals surface area contributed by atoms with Crippen LogP contribution in [0.3, 0.4) is 0 Å². The van der Waals surface area contributed by atoms with Crippen LogP contribution >= 0.6 is 0 Å². The maximum absolute atomic E-state index is 13.2. The minimum absolute atomic E-state index is 0.139. The van der Waals surface area contributed by atoms with Gasteiger partial charge in [-0.3, -0.25) is 4.90 Å². The molecule has 3 N–H and O–H groups in total. The molecule has 0 aliphatic carbocycles. The number of amides is 2. The number of rotatable bonds is 8. The van der Waals surface area contributed by atoms with Crippen molar-refractivity contribution in [2.45, 2.75) is 40.3 Å². The fourth-order valence-corrected chi connectivity index (χ4v) is 2.87. The molecule has 1 unspecified atom stereocenters. The molecule has 148 valence electrons. The molecule has 1 aromatic rings. The SMILES string of the molecule is C=C(CNC(C)C(C)C)C1=C(N)N(Cc2ccc(F)cc2)C(=O)N(CC)C1. The second-order valence-electron chi connectivity index (χ2n) is 7.39. The van der Waals surface area contributed by atoms with Crippen LogP contribution in [0.1, 0.15) is 33.3 Å². The highest BCUT2D eigenvalue weighted by Crippen LogP contribution is 2.24. The van der Waals surface area contributed by atoms with Crippen molar-refractivity contribution in [3.05, 3.63) is 59.2 Å². The molecule has 1 aliphatic rings. The average Bonchev–Trinajstić information content (AvgIpc) is 2.64. The van der Waals surface area contributed by atoms with Gasteiger partial charge in [-0.1, -0.05) is 32.6 Å². The van der Waals surface area contributed by atoms with E-state index in [-0.39, 0.29) is 11.8 Å². The Morgan fingerprint density at radius 2 is 1.93 bits per heavy atom. The van der Waals surface area contributed by atoms with Crippen molar-refractivity contribution in [3.63, 3.8) is 0 Å². The molecule has 6 heteroatoms. The molecular formula is C21H31FN4O. The second-order valence-corrected chi connectivity index (χ2v) is 7.39. The maximum Gasteiger partial charge on any atom is 0.326 e. The number of nitrogens with zero attached hydrogens (tertiary/aromatic N) is 2. The van der Waals surface area contributed by atoms with Gasteiger partial charge >= 0.3 is 6.03 Å². The minimum atomic E-state index is -0.304. The summed E-state index contributed by atoms with van der Waals surface area (Å²) in [6, 6.07) is 6.32. The molecule has 1 heterocycles. The maximum atomic E-state index is 13.2. The zero-order valence-corrected chi connectivity index (χ0v) is 16.8. The molecule has 1 aliphatic heterocycles. The van der Waals surface area contributed by atoms with Gasteiger partial charge in [-0.2, -0.15) is 0 Å². The number of nitrogens with two attached hydrogens (primary N) is 1. The molecule has 2 amide bonds. The van der Waals surface area contributed by atoms with Crippen molar-refractivity contribution in [1.29, 1.82) is 0 Å². The van der Waals surface area contributed by atoms with Gasteiger partial charge in [-0.05, 0) is 43.0 Å². The summed E-state index contributed by atoms with van der Waals surface area (Å²) in [5, 5.41) is 3.46. The zero-order chi connectivity index (χ0) is 20.1.